The number of hydrogen-bond donors (Lipinski definition) is 1. The Balaban J connectivity index is 1.85. The summed E-state index contributed by atoms with van der Waals surface area (Å²) in [7, 11) is 0. The van der Waals surface area contributed by atoms with Gasteiger partial charge in [0.25, 0.3) is 0 Å². The Labute approximate surface area is 137 Å². The number of hydrogen-bond acceptors (Lipinski definition) is 3. The van der Waals surface area contributed by atoms with Crippen LogP contribution in [0.3, 0.4) is 0 Å². The van der Waals surface area contributed by atoms with Crippen LogP contribution in [0.5, 0.6) is 0 Å². The molecule has 2 amide bonds. The first-order chi connectivity index (χ1) is 11.3. The zero-order valence-corrected chi connectivity index (χ0v) is 13.5. The molecule has 0 radical (unpaired) electrons. The summed E-state index contributed by atoms with van der Waals surface area (Å²) in [5, 5.41) is 2.79. The molecule has 2 aliphatic rings. The van der Waals surface area contributed by atoms with Crippen molar-refractivity contribution in [2.45, 2.75) is 44.3 Å². The molecule has 5 nitrogen and oxygen atoms in total. The van der Waals surface area contributed by atoms with Crippen molar-refractivity contribution in [2.75, 3.05) is 19.6 Å². The summed E-state index contributed by atoms with van der Waals surface area (Å²) in [6.45, 7) is 2.65. The normalized spacial score (nSPS) is 23.5. The molecule has 1 aromatic rings. The monoisotopic (exact) mass is 315 g/mol. The maximum absolute atomic E-state index is 13.3. The van der Waals surface area contributed by atoms with Crippen molar-refractivity contribution in [3.05, 3.63) is 35.9 Å². The molecule has 1 unspecified atom stereocenters. The smallest absolute Gasteiger partial charge is 0.246 e. The maximum Gasteiger partial charge on any atom is 0.246 e. The van der Waals surface area contributed by atoms with Gasteiger partial charge in [0.15, 0.2) is 0 Å². The van der Waals surface area contributed by atoms with Crippen molar-refractivity contribution >= 4 is 12.3 Å². The van der Waals surface area contributed by atoms with Crippen LogP contribution in [0.25, 0.3) is 0 Å². The Morgan fingerprint density at radius 2 is 1.83 bits per heavy atom. The number of nitrogens with zero attached hydrogens (tertiary/aromatic N) is 2. The fourth-order valence-corrected chi connectivity index (χ4v) is 3.76. The number of carbonyl (C=O) groups is 2. The van der Waals surface area contributed by atoms with Gasteiger partial charge >= 0.3 is 0 Å². The number of likely N-dealkylation sites (tertiary alicyclic amines) is 2. The van der Waals surface area contributed by atoms with Crippen LogP contribution in [0.1, 0.15) is 43.7 Å². The van der Waals surface area contributed by atoms with Gasteiger partial charge in [-0.1, -0.05) is 36.8 Å². The molecule has 2 fully saturated rings. The van der Waals surface area contributed by atoms with E-state index in [4.69, 9.17) is 0 Å². The molecular formula is C18H25N3O2. The van der Waals surface area contributed by atoms with Crippen LogP contribution in [0, 0.1) is 0 Å². The quantitative estimate of drug-likeness (QED) is 0.845. The van der Waals surface area contributed by atoms with Gasteiger partial charge in [-0.2, -0.15) is 0 Å². The van der Waals surface area contributed by atoms with E-state index in [-0.39, 0.29) is 18.1 Å². The number of benzene rings is 1. The average molecular weight is 315 g/mol. The highest BCUT2D eigenvalue weighted by Crippen LogP contribution is 2.29. The molecule has 3 rings (SSSR count). The third-order valence-electron chi connectivity index (χ3n) is 4.90. The lowest BCUT2D eigenvalue weighted by Crippen LogP contribution is -2.50. The van der Waals surface area contributed by atoms with E-state index >= 15 is 0 Å². The molecule has 2 saturated heterocycles. The Bertz CT molecular complexity index is 528. The van der Waals surface area contributed by atoms with Crippen LogP contribution < -0.4 is 5.32 Å². The summed E-state index contributed by atoms with van der Waals surface area (Å²) in [6, 6.07) is 9.80. The van der Waals surface area contributed by atoms with E-state index in [1.807, 2.05) is 35.2 Å². The summed E-state index contributed by atoms with van der Waals surface area (Å²) in [4.78, 5) is 28.2. The van der Waals surface area contributed by atoms with Crippen LogP contribution in [0.15, 0.2) is 30.3 Å². The summed E-state index contributed by atoms with van der Waals surface area (Å²) >= 11 is 0. The SMILES string of the molecule is O=CNC1CCCN1C(=O)[C@@H](c1ccccc1)N1CCCCC1. The van der Waals surface area contributed by atoms with Crippen molar-refractivity contribution in [3.8, 4) is 0 Å². The lowest BCUT2D eigenvalue weighted by molar-refractivity contribution is -0.139. The van der Waals surface area contributed by atoms with Crippen molar-refractivity contribution in [2.24, 2.45) is 0 Å². The number of piperidine rings is 1. The zero-order valence-electron chi connectivity index (χ0n) is 13.5. The zero-order chi connectivity index (χ0) is 16.1. The van der Waals surface area contributed by atoms with Gasteiger partial charge < -0.3 is 10.2 Å². The van der Waals surface area contributed by atoms with Crippen LogP contribution >= 0.6 is 0 Å². The third kappa shape index (κ3) is 3.55. The molecule has 2 heterocycles. The summed E-state index contributed by atoms with van der Waals surface area (Å²) in [6.07, 6.45) is 5.86. The van der Waals surface area contributed by atoms with E-state index in [0.717, 1.165) is 50.9 Å². The molecule has 0 saturated carbocycles. The Kier molecular flexibility index (Phi) is 5.28. The van der Waals surface area contributed by atoms with Crippen LogP contribution in [0.2, 0.25) is 0 Å². The molecule has 23 heavy (non-hydrogen) atoms. The van der Waals surface area contributed by atoms with Crippen LogP contribution in [0.4, 0.5) is 0 Å². The largest absolute Gasteiger partial charge is 0.338 e. The molecule has 0 aliphatic carbocycles. The van der Waals surface area contributed by atoms with Crippen LogP contribution in [-0.2, 0) is 9.59 Å². The van der Waals surface area contributed by atoms with E-state index in [1.54, 1.807) is 0 Å². The van der Waals surface area contributed by atoms with Gasteiger partial charge in [0.2, 0.25) is 12.3 Å². The molecule has 0 aromatic heterocycles. The lowest BCUT2D eigenvalue weighted by Gasteiger charge is -2.37. The summed E-state index contributed by atoms with van der Waals surface area (Å²) in [5.74, 6) is 0.120. The number of amides is 2. The van der Waals surface area contributed by atoms with Crippen molar-refractivity contribution < 1.29 is 9.59 Å². The number of carbonyl (C=O) groups excluding carboxylic acids is 2. The molecule has 1 N–H and O–H groups in total. The molecule has 5 heteroatoms. The fourth-order valence-electron chi connectivity index (χ4n) is 3.76. The minimum atomic E-state index is -0.231. The molecule has 124 valence electrons. The van der Waals surface area contributed by atoms with Gasteiger partial charge in [-0.15, -0.1) is 0 Å². The minimum absolute atomic E-state index is 0.120. The second kappa shape index (κ2) is 7.59. The van der Waals surface area contributed by atoms with E-state index < -0.39 is 0 Å². The average Bonchev–Trinajstić information content (AvgIpc) is 3.06. The number of rotatable bonds is 5. The van der Waals surface area contributed by atoms with Gasteiger partial charge in [0.1, 0.15) is 12.2 Å². The first-order valence-corrected chi connectivity index (χ1v) is 8.60. The highest BCUT2D eigenvalue weighted by Gasteiger charge is 2.36. The second-order valence-electron chi connectivity index (χ2n) is 6.38. The topological polar surface area (TPSA) is 52.7 Å². The van der Waals surface area contributed by atoms with E-state index in [0.29, 0.717) is 6.41 Å². The Morgan fingerprint density at radius 3 is 2.52 bits per heavy atom. The van der Waals surface area contributed by atoms with Gasteiger partial charge in [0.05, 0.1) is 0 Å². The fraction of sp³-hybridized carbons (Fsp3) is 0.556. The highest BCUT2D eigenvalue weighted by atomic mass is 16.2. The first kappa shape index (κ1) is 16.0. The Hall–Kier alpha value is -1.88. The van der Waals surface area contributed by atoms with E-state index in [9.17, 15) is 9.59 Å². The van der Waals surface area contributed by atoms with Gasteiger partial charge in [0, 0.05) is 6.54 Å². The minimum Gasteiger partial charge on any atom is -0.338 e. The molecule has 1 aromatic carbocycles. The first-order valence-electron chi connectivity index (χ1n) is 8.60. The third-order valence-corrected chi connectivity index (χ3v) is 4.90. The van der Waals surface area contributed by atoms with Crippen LogP contribution in [-0.4, -0.2) is 47.9 Å². The standard InChI is InChI=1S/C18H25N3O2/c22-14-19-16-10-7-13-21(16)18(23)17(15-8-3-1-4-9-15)20-11-5-2-6-12-20/h1,3-4,8-9,14,16-17H,2,5-7,10-13H2,(H,19,22)/t16?,17-/m1/s1. The maximum atomic E-state index is 13.3. The van der Waals surface area contributed by atoms with Gasteiger partial charge in [-0.3, -0.25) is 14.5 Å². The predicted octanol–water partition coefficient (Wildman–Crippen LogP) is 1.91. The van der Waals surface area contributed by atoms with Gasteiger partial charge in [-0.25, -0.2) is 0 Å². The van der Waals surface area contributed by atoms with Crippen molar-refractivity contribution in [3.63, 3.8) is 0 Å². The van der Waals surface area contributed by atoms with E-state index in [1.165, 1.54) is 6.42 Å². The molecule has 2 atom stereocenters. The molecular weight excluding hydrogens is 290 g/mol. The summed E-state index contributed by atoms with van der Waals surface area (Å²) < 4.78 is 0. The predicted molar refractivity (Wildman–Crippen MR) is 88.5 cm³/mol. The molecule has 0 spiro atoms. The number of nitrogens with one attached hydrogen (secondary N) is 1. The summed E-state index contributed by atoms with van der Waals surface area (Å²) in [5.41, 5.74) is 1.05. The van der Waals surface area contributed by atoms with Gasteiger partial charge in [-0.05, 0) is 44.3 Å². The van der Waals surface area contributed by atoms with Crippen molar-refractivity contribution in [1.29, 1.82) is 0 Å². The second-order valence-corrected chi connectivity index (χ2v) is 6.38. The van der Waals surface area contributed by atoms with Crippen molar-refractivity contribution in [1.82, 2.24) is 15.1 Å². The lowest BCUT2D eigenvalue weighted by atomic mass is 10.0. The molecule has 0 bridgehead atoms. The molecule has 2 aliphatic heterocycles. The highest BCUT2D eigenvalue weighted by molar-refractivity contribution is 5.84. The van der Waals surface area contributed by atoms with E-state index in [2.05, 4.69) is 10.2 Å². The Morgan fingerprint density at radius 1 is 1.09 bits per heavy atom.